The van der Waals surface area contributed by atoms with Crippen LogP contribution in [0.4, 0.5) is 10.1 Å². The lowest BCUT2D eigenvalue weighted by Crippen LogP contribution is -2.34. The van der Waals surface area contributed by atoms with Gasteiger partial charge in [0.1, 0.15) is 24.0 Å². The normalized spacial score (nSPS) is 11.5. The minimum absolute atomic E-state index is 0.0543. The van der Waals surface area contributed by atoms with Crippen molar-refractivity contribution < 1.29 is 19.0 Å². The van der Waals surface area contributed by atoms with E-state index in [4.69, 9.17) is 9.47 Å². The molecule has 0 aliphatic heterocycles. The number of hydrogen-bond donors (Lipinski definition) is 2. The first-order chi connectivity index (χ1) is 16.3. The molecule has 0 saturated carbocycles. The van der Waals surface area contributed by atoms with Gasteiger partial charge in [-0.15, -0.1) is 0 Å². The second-order valence-electron chi connectivity index (χ2n) is 7.73. The van der Waals surface area contributed by atoms with Gasteiger partial charge in [-0.3, -0.25) is 0 Å². The fourth-order valence-corrected chi connectivity index (χ4v) is 3.49. The van der Waals surface area contributed by atoms with E-state index >= 15 is 0 Å². The van der Waals surface area contributed by atoms with E-state index < -0.39 is 11.4 Å². The minimum Gasteiger partial charge on any atom is -0.473 e. The van der Waals surface area contributed by atoms with Crippen molar-refractivity contribution in [3.8, 4) is 23.4 Å². The van der Waals surface area contributed by atoms with Crippen molar-refractivity contribution in [2.45, 2.75) is 39.2 Å². The molecule has 180 valence electrons. The summed E-state index contributed by atoms with van der Waals surface area (Å²) in [5.41, 5.74) is 0.630. The second-order valence-corrected chi connectivity index (χ2v) is 8.74. The molecule has 3 rings (SSSR count). The van der Waals surface area contributed by atoms with Crippen molar-refractivity contribution in [3.63, 3.8) is 0 Å². The first kappa shape index (κ1) is 25.5. The molecule has 3 aromatic rings. The number of halogens is 1. The molecule has 0 radical (unpaired) electrons. The Labute approximate surface area is 203 Å². The van der Waals surface area contributed by atoms with Gasteiger partial charge >= 0.3 is 0 Å². The van der Waals surface area contributed by atoms with E-state index in [1.54, 1.807) is 18.2 Å². The zero-order chi connectivity index (χ0) is 24.7. The van der Waals surface area contributed by atoms with E-state index in [0.717, 1.165) is 6.54 Å². The Kier molecular flexibility index (Phi) is 8.50. The molecular formula is C24H28FN5O3S. The van der Waals surface area contributed by atoms with Crippen LogP contribution in [0.15, 0.2) is 36.5 Å². The van der Waals surface area contributed by atoms with Crippen molar-refractivity contribution >= 4 is 28.9 Å². The third-order valence-corrected chi connectivity index (χ3v) is 6.38. The lowest BCUT2D eigenvalue weighted by atomic mass is 9.99. The minimum atomic E-state index is -0.934. The molecule has 0 unspecified atom stereocenters. The Morgan fingerprint density at radius 3 is 2.65 bits per heavy atom. The van der Waals surface area contributed by atoms with Crippen molar-refractivity contribution in [2.75, 3.05) is 24.9 Å². The zero-order valence-electron chi connectivity index (χ0n) is 19.6. The first-order valence-electron chi connectivity index (χ1n) is 11.0. The molecule has 0 fully saturated rings. The zero-order valence-corrected chi connectivity index (χ0v) is 20.4. The SMILES string of the molecule is CCN(C)SNc1ccc(F)c(Oc2ccc3ncc(OCC(O)(CC)CC)nc3c2)c1C#N. The number of benzene rings is 2. The molecule has 0 atom stereocenters. The maximum atomic E-state index is 14.6. The van der Waals surface area contributed by atoms with Crippen molar-refractivity contribution in [2.24, 2.45) is 0 Å². The van der Waals surface area contributed by atoms with Crippen LogP contribution in [0.3, 0.4) is 0 Å². The van der Waals surface area contributed by atoms with Crippen LogP contribution in [-0.2, 0) is 0 Å². The predicted molar refractivity (Wildman–Crippen MR) is 131 cm³/mol. The Morgan fingerprint density at radius 1 is 1.21 bits per heavy atom. The number of aliphatic hydroxyl groups is 1. The molecule has 0 spiro atoms. The summed E-state index contributed by atoms with van der Waals surface area (Å²) in [6.45, 7) is 6.65. The number of anilines is 1. The summed E-state index contributed by atoms with van der Waals surface area (Å²) in [6.07, 6.45) is 2.59. The summed E-state index contributed by atoms with van der Waals surface area (Å²) in [5.74, 6) is -0.277. The molecule has 0 aliphatic rings. The van der Waals surface area contributed by atoms with E-state index in [9.17, 15) is 14.8 Å². The summed E-state index contributed by atoms with van der Waals surface area (Å²) in [6, 6.07) is 9.69. The van der Waals surface area contributed by atoms with Gasteiger partial charge in [-0.25, -0.2) is 18.7 Å². The molecular weight excluding hydrogens is 457 g/mol. The highest BCUT2D eigenvalue weighted by atomic mass is 32.2. The molecule has 0 saturated heterocycles. The average Bonchev–Trinajstić information content (AvgIpc) is 2.87. The fraction of sp³-hybridized carbons (Fsp3) is 0.375. The van der Waals surface area contributed by atoms with E-state index in [1.165, 1.54) is 30.5 Å². The van der Waals surface area contributed by atoms with Crippen LogP contribution in [0.25, 0.3) is 11.0 Å². The molecule has 2 aromatic carbocycles. The number of hydrogen-bond acceptors (Lipinski definition) is 9. The third-order valence-electron chi connectivity index (χ3n) is 5.49. The highest BCUT2D eigenvalue weighted by Crippen LogP contribution is 2.35. The summed E-state index contributed by atoms with van der Waals surface area (Å²) < 4.78 is 31.1. The van der Waals surface area contributed by atoms with Crippen LogP contribution in [-0.4, -0.2) is 45.2 Å². The Bertz CT molecular complexity index is 1180. The molecule has 1 aromatic heterocycles. The van der Waals surface area contributed by atoms with Gasteiger partial charge in [-0.05, 0) is 44.2 Å². The van der Waals surface area contributed by atoms with Crippen molar-refractivity contribution in [3.05, 3.63) is 47.9 Å². The number of rotatable bonds is 11. The maximum absolute atomic E-state index is 14.6. The van der Waals surface area contributed by atoms with Gasteiger partial charge < -0.3 is 19.3 Å². The standard InChI is InChI=1S/C24H28FN5O3S/c1-5-24(31,6-2)15-32-22-14-27-20-10-8-16(12-21(20)28-22)33-23-17(13-26)19(11-9-18(23)25)29-34-30(4)7-3/h8-12,14,29,31H,5-7,15H2,1-4H3. The van der Waals surface area contributed by atoms with E-state index in [0.29, 0.717) is 35.3 Å². The van der Waals surface area contributed by atoms with Gasteiger partial charge in [0.25, 0.3) is 0 Å². The first-order valence-corrected chi connectivity index (χ1v) is 11.8. The Balaban J connectivity index is 1.86. The highest BCUT2D eigenvalue weighted by molar-refractivity contribution is 7.98. The predicted octanol–water partition coefficient (Wildman–Crippen LogP) is 5.29. The average molecular weight is 486 g/mol. The van der Waals surface area contributed by atoms with Crippen LogP contribution >= 0.6 is 12.1 Å². The molecule has 2 N–H and O–H groups in total. The van der Waals surface area contributed by atoms with E-state index in [2.05, 4.69) is 14.7 Å². The van der Waals surface area contributed by atoms with Crippen LogP contribution in [0.1, 0.15) is 39.2 Å². The number of ether oxygens (including phenoxy) is 2. The summed E-state index contributed by atoms with van der Waals surface area (Å²) in [4.78, 5) is 8.76. The lowest BCUT2D eigenvalue weighted by Gasteiger charge is -2.24. The molecule has 8 nitrogen and oxygen atoms in total. The van der Waals surface area contributed by atoms with Gasteiger partial charge in [0, 0.05) is 24.7 Å². The molecule has 10 heteroatoms. The van der Waals surface area contributed by atoms with Gasteiger partial charge in [0.15, 0.2) is 11.6 Å². The number of nitriles is 1. The topological polar surface area (TPSA) is 104 Å². The number of aromatic nitrogens is 2. The second kappa shape index (κ2) is 11.3. The van der Waals surface area contributed by atoms with Gasteiger partial charge in [0.05, 0.1) is 28.5 Å². The van der Waals surface area contributed by atoms with E-state index in [-0.39, 0.29) is 23.8 Å². The number of fused-ring (bicyclic) bond motifs is 1. The molecule has 34 heavy (non-hydrogen) atoms. The summed E-state index contributed by atoms with van der Waals surface area (Å²) in [5, 5.41) is 20.1. The smallest absolute Gasteiger partial charge is 0.233 e. The molecule has 0 aliphatic carbocycles. The van der Waals surface area contributed by atoms with E-state index in [1.807, 2.05) is 38.2 Å². The maximum Gasteiger partial charge on any atom is 0.233 e. The monoisotopic (exact) mass is 485 g/mol. The molecule has 0 bridgehead atoms. The van der Waals surface area contributed by atoms with Crippen LogP contribution in [0.5, 0.6) is 17.4 Å². The van der Waals surface area contributed by atoms with Crippen molar-refractivity contribution in [1.29, 1.82) is 5.26 Å². The Hall–Kier alpha value is -3.13. The van der Waals surface area contributed by atoms with Gasteiger partial charge in [-0.1, -0.05) is 20.8 Å². The molecule has 1 heterocycles. The van der Waals surface area contributed by atoms with Crippen molar-refractivity contribution in [1.82, 2.24) is 14.3 Å². The summed E-state index contributed by atoms with van der Waals surface area (Å²) in [7, 11) is 1.89. The largest absolute Gasteiger partial charge is 0.473 e. The quantitative estimate of drug-likeness (QED) is 0.351. The highest BCUT2D eigenvalue weighted by Gasteiger charge is 2.23. The number of nitrogens with one attached hydrogen (secondary N) is 1. The third kappa shape index (κ3) is 6.05. The number of nitrogens with zero attached hydrogens (tertiary/aromatic N) is 4. The van der Waals surface area contributed by atoms with Crippen LogP contribution < -0.4 is 14.2 Å². The summed E-state index contributed by atoms with van der Waals surface area (Å²) >= 11 is 1.30. The van der Waals surface area contributed by atoms with Crippen LogP contribution in [0, 0.1) is 17.1 Å². The van der Waals surface area contributed by atoms with Gasteiger partial charge in [-0.2, -0.15) is 5.26 Å². The van der Waals surface area contributed by atoms with Gasteiger partial charge in [0.2, 0.25) is 5.88 Å². The molecule has 0 amide bonds. The fourth-order valence-electron chi connectivity index (χ4n) is 2.93. The Morgan fingerprint density at radius 2 is 1.97 bits per heavy atom. The lowest BCUT2D eigenvalue weighted by molar-refractivity contribution is -0.0126. The van der Waals surface area contributed by atoms with Crippen LogP contribution in [0.2, 0.25) is 0 Å².